The summed E-state index contributed by atoms with van der Waals surface area (Å²) in [5.41, 5.74) is 1.23. The molecule has 120 valence electrons. The van der Waals surface area contributed by atoms with Gasteiger partial charge in [-0.3, -0.25) is 0 Å². The molecule has 0 radical (unpaired) electrons. The summed E-state index contributed by atoms with van der Waals surface area (Å²) in [7, 11) is 0. The van der Waals surface area contributed by atoms with Gasteiger partial charge in [0.15, 0.2) is 0 Å². The van der Waals surface area contributed by atoms with E-state index in [2.05, 4.69) is 13.8 Å². The summed E-state index contributed by atoms with van der Waals surface area (Å²) in [4.78, 5) is 22.9. The molecule has 1 heterocycles. The molecular weight excluding hydrogens is 284 g/mol. The molecule has 1 aliphatic heterocycles. The van der Waals surface area contributed by atoms with E-state index in [1.54, 1.807) is 12.1 Å². The molecule has 0 bridgehead atoms. The maximum atomic E-state index is 12.1. The first-order valence-corrected chi connectivity index (χ1v) is 7.50. The molecule has 0 aromatic heterocycles. The number of ether oxygens (including phenoxy) is 3. The Labute approximate surface area is 130 Å². The van der Waals surface area contributed by atoms with Crippen LogP contribution in [-0.2, 0) is 14.2 Å². The molecule has 1 aromatic carbocycles. The zero-order valence-electron chi connectivity index (χ0n) is 13.3. The van der Waals surface area contributed by atoms with Gasteiger partial charge in [-0.05, 0) is 37.0 Å². The van der Waals surface area contributed by atoms with Crippen LogP contribution in [0, 0.1) is 5.41 Å². The molecule has 5 nitrogen and oxygen atoms in total. The van der Waals surface area contributed by atoms with Gasteiger partial charge >= 0.3 is 12.1 Å². The van der Waals surface area contributed by atoms with Crippen LogP contribution < -0.4 is 0 Å². The fourth-order valence-corrected chi connectivity index (χ4v) is 2.14. The van der Waals surface area contributed by atoms with E-state index in [0.717, 1.165) is 6.42 Å². The molecule has 5 heteroatoms. The first-order chi connectivity index (χ1) is 10.4. The van der Waals surface area contributed by atoms with Crippen molar-refractivity contribution in [3.05, 3.63) is 35.4 Å². The highest BCUT2D eigenvalue weighted by Gasteiger charge is 2.34. The zero-order chi connectivity index (χ0) is 16.2. The highest BCUT2D eigenvalue weighted by atomic mass is 16.7. The third-order valence-corrected chi connectivity index (χ3v) is 3.96. The van der Waals surface area contributed by atoms with Gasteiger partial charge in [0.25, 0.3) is 0 Å². The van der Waals surface area contributed by atoms with Crippen LogP contribution in [0.1, 0.15) is 49.0 Å². The van der Waals surface area contributed by atoms with Gasteiger partial charge in [-0.1, -0.05) is 26.0 Å². The fourth-order valence-electron chi connectivity index (χ4n) is 2.14. The van der Waals surface area contributed by atoms with Gasteiger partial charge in [-0.25, -0.2) is 9.59 Å². The van der Waals surface area contributed by atoms with E-state index in [-0.39, 0.29) is 25.8 Å². The lowest BCUT2D eigenvalue weighted by atomic mass is 9.94. The van der Waals surface area contributed by atoms with Gasteiger partial charge in [0.1, 0.15) is 19.8 Å². The van der Waals surface area contributed by atoms with Crippen molar-refractivity contribution in [2.24, 2.45) is 5.41 Å². The Kier molecular flexibility index (Phi) is 5.06. The van der Waals surface area contributed by atoms with E-state index >= 15 is 0 Å². The van der Waals surface area contributed by atoms with Gasteiger partial charge in [0.05, 0.1) is 11.0 Å². The Balaban J connectivity index is 1.90. The Bertz CT molecular complexity index is 524. The minimum Gasteiger partial charge on any atom is -0.461 e. The van der Waals surface area contributed by atoms with Crippen LogP contribution in [0.2, 0.25) is 0 Å². The number of hydrogen-bond acceptors (Lipinski definition) is 5. The van der Waals surface area contributed by atoms with Crippen LogP contribution in [0.15, 0.2) is 24.3 Å². The molecule has 0 saturated carbocycles. The first kappa shape index (κ1) is 16.3. The average Bonchev–Trinajstić information content (AvgIpc) is 2.55. The van der Waals surface area contributed by atoms with E-state index in [0.29, 0.717) is 11.5 Å². The third-order valence-electron chi connectivity index (χ3n) is 3.96. The van der Waals surface area contributed by atoms with Crippen molar-refractivity contribution in [3.63, 3.8) is 0 Å². The number of carbonyl (C=O) groups excluding carboxylic acids is 2. The molecule has 1 unspecified atom stereocenters. The molecule has 2 rings (SSSR count). The fraction of sp³-hybridized carbons (Fsp3) is 0.529. The van der Waals surface area contributed by atoms with E-state index in [9.17, 15) is 9.59 Å². The van der Waals surface area contributed by atoms with Crippen molar-refractivity contribution < 1.29 is 23.8 Å². The lowest BCUT2D eigenvalue weighted by Crippen LogP contribution is -2.41. The third kappa shape index (κ3) is 4.00. The molecule has 0 N–H and O–H groups in total. The number of rotatable bonds is 5. The number of esters is 1. The minimum atomic E-state index is -0.676. The molecule has 0 aliphatic carbocycles. The Hall–Kier alpha value is -2.04. The summed E-state index contributed by atoms with van der Waals surface area (Å²) in [5.74, 6) is 0.0897. The summed E-state index contributed by atoms with van der Waals surface area (Å²) in [6.45, 7) is 6.65. The molecule has 22 heavy (non-hydrogen) atoms. The van der Waals surface area contributed by atoms with Gasteiger partial charge in [-0.2, -0.15) is 0 Å². The summed E-state index contributed by atoms with van der Waals surface area (Å²) in [6, 6.07) is 7.48. The minimum absolute atomic E-state index is 0.145. The van der Waals surface area contributed by atoms with Crippen molar-refractivity contribution in [3.8, 4) is 0 Å². The molecule has 1 atom stereocenters. The Morgan fingerprint density at radius 2 is 1.86 bits per heavy atom. The lowest BCUT2D eigenvalue weighted by Gasteiger charge is -2.31. The van der Waals surface area contributed by atoms with Gasteiger partial charge in [0.2, 0.25) is 0 Å². The van der Waals surface area contributed by atoms with Gasteiger partial charge in [-0.15, -0.1) is 0 Å². The molecule has 1 aliphatic rings. The summed E-state index contributed by atoms with van der Waals surface area (Å²) >= 11 is 0. The predicted molar refractivity (Wildman–Crippen MR) is 80.8 cm³/mol. The van der Waals surface area contributed by atoms with Gasteiger partial charge < -0.3 is 14.2 Å². The maximum Gasteiger partial charge on any atom is 0.508 e. The largest absolute Gasteiger partial charge is 0.508 e. The van der Waals surface area contributed by atoms with Crippen molar-refractivity contribution in [1.29, 1.82) is 0 Å². The average molecular weight is 306 g/mol. The highest BCUT2D eigenvalue weighted by molar-refractivity contribution is 5.89. The van der Waals surface area contributed by atoms with Crippen LogP contribution in [0.5, 0.6) is 0 Å². The zero-order valence-corrected chi connectivity index (χ0v) is 13.3. The second-order valence-corrected chi connectivity index (χ2v) is 6.15. The summed E-state index contributed by atoms with van der Waals surface area (Å²) in [6.07, 6.45) is 0.380. The summed E-state index contributed by atoms with van der Waals surface area (Å²) in [5, 5.41) is 0. The summed E-state index contributed by atoms with van der Waals surface area (Å²) < 4.78 is 15.0. The van der Waals surface area contributed by atoms with Crippen LogP contribution in [0.4, 0.5) is 4.79 Å². The molecule has 1 fully saturated rings. The van der Waals surface area contributed by atoms with Crippen molar-refractivity contribution in [2.75, 3.05) is 19.8 Å². The predicted octanol–water partition coefficient (Wildman–Crippen LogP) is 3.53. The molecule has 0 amide bonds. The number of carbonyl (C=O) groups is 2. The molecule has 1 aromatic rings. The van der Waals surface area contributed by atoms with Crippen molar-refractivity contribution in [2.45, 2.75) is 33.1 Å². The van der Waals surface area contributed by atoms with Crippen LogP contribution >= 0.6 is 0 Å². The molecule has 0 spiro atoms. The van der Waals surface area contributed by atoms with Crippen molar-refractivity contribution >= 4 is 12.1 Å². The number of cyclic esters (lactones) is 2. The van der Waals surface area contributed by atoms with E-state index in [1.165, 1.54) is 5.56 Å². The van der Waals surface area contributed by atoms with Gasteiger partial charge in [0, 0.05) is 0 Å². The van der Waals surface area contributed by atoms with E-state index in [4.69, 9.17) is 14.2 Å². The molecular formula is C17H22O5. The topological polar surface area (TPSA) is 61.8 Å². The standard InChI is InChI=1S/C17H22O5/c1-4-12(2)13-5-7-14(8-6-13)15(18)20-9-17(3)10-21-16(19)22-11-17/h5-8,12H,4,9-11H2,1-3H3. The lowest BCUT2D eigenvalue weighted by molar-refractivity contribution is -0.0755. The monoisotopic (exact) mass is 306 g/mol. The van der Waals surface area contributed by atoms with Crippen molar-refractivity contribution in [1.82, 2.24) is 0 Å². The number of hydrogen-bond donors (Lipinski definition) is 0. The quantitative estimate of drug-likeness (QED) is 0.779. The highest BCUT2D eigenvalue weighted by Crippen LogP contribution is 2.23. The Morgan fingerprint density at radius 1 is 1.27 bits per heavy atom. The first-order valence-electron chi connectivity index (χ1n) is 7.50. The normalized spacial score (nSPS) is 18.0. The van der Waals surface area contributed by atoms with E-state index < -0.39 is 11.6 Å². The second kappa shape index (κ2) is 6.81. The Morgan fingerprint density at radius 3 is 2.41 bits per heavy atom. The second-order valence-electron chi connectivity index (χ2n) is 6.15. The maximum absolute atomic E-state index is 12.1. The van der Waals surface area contributed by atoms with Crippen LogP contribution in [-0.4, -0.2) is 31.9 Å². The van der Waals surface area contributed by atoms with Crippen LogP contribution in [0.25, 0.3) is 0 Å². The SMILES string of the molecule is CCC(C)c1ccc(C(=O)OCC2(C)COC(=O)OC2)cc1. The number of benzene rings is 1. The molecule has 1 saturated heterocycles. The smallest absolute Gasteiger partial charge is 0.461 e. The van der Waals surface area contributed by atoms with Crippen LogP contribution in [0.3, 0.4) is 0 Å². The van der Waals surface area contributed by atoms with E-state index in [1.807, 2.05) is 19.1 Å².